The molecule has 1 saturated carbocycles. The van der Waals surface area contributed by atoms with Crippen LogP contribution in [0.15, 0.2) is 0 Å². The lowest BCUT2D eigenvalue weighted by Crippen LogP contribution is -2.46. The summed E-state index contributed by atoms with van der Waals surface area (Å²) in [7, 11) is 0. The van der Waals surface area contributed by atoms with E-state index in [4.69, 9.17) is 0 Å². The van der Waals surface area contributed by atoms with Crippen LogP contribution >= 0.6 is 11.3 Å². The average Bonchev–Trinajstić information content (AvgIpc) is 2.92. The number of carbonyl (C=O) groups excluding carboxylic acids is 1. The molecule has 142 valence electrons. The number of aromatic nitrogens is 1. The molecule has 1 heterocycles. The van der Waals surface area contributed by atoms with Gasteiger partial charge in [-0.3, -0.25) is 0 Å². The molecular formula is C19H33N3O2S. The Balaban J connectivity index is 1.96. The Morgan fingerprint density at radius 2 is 1.96 bits per heavy atom. The largest absolute Gasteiger partial charge is 0.396 e. The standard InChI is InChI=1S/C19H33N3O2S/c1-13(2)10-16(17-21-14(3)15(4)25-17)22-18(24)20-11-19(12-23)8-6-5-7-9-19/h13,16,23H,5-12H2,1-4H3,(H2,20,22,24). The predicted octanol–water partition coefficient (Wildman–Crippen LogP) is 4.09. The number of urea groups is 1. The Morgan fingerprint density at radius 3 is 2.48 bits per heavy atom. The Kier molecular flexibility index (Phi) is 7.25. The van der Waals surface area contributed by atoms with Crippen LogP contribution in [0.1, 0.15) is 74.0 Å². The highest BCUT2D eigenvalue weighted by Gasteiger charge is 2.32. The van der Waals surface area contributed by atoms with Crippen molar-refractivity contribution in [1.29, 1.82) is 0 Å². The summed E-state index contributed by atoms with van der Waals surface area (Å²) in [6.07, 6.45) is 6.35. The maximum atomic E-state index is 12.5. The van der Waals surface area contributed by atoms with Gasteiger partial charge < -0.3 is 15.7 Å². The number of nitrogens with zero attached hydrogens (tertiary/aromatic N) is 1. The first-order chi connectivity index (χ1) is 11.8. The molecule has 1 aliphatic rings. The molecule has 0 saturated heterocycles. The number of aliphatic hydroxyl groups excluding tert-OH is 1. The quantitative estimate of drug-likeness (QED) is 0.679. The van der Waals surface area contributed by atoms with Gasteiger partial charge >= 0.3 is 6.03 Å². The van der Waals surface area contributed by atoms with Crippen LogP contribution in [0.2, 0.25) is 0 Å². The first-order valence-corrected chi connectivity index (χ1v) is 10.3. The second kappa shape index (κ2) is 8.99. The number of nitrogens with one attached hydrogen (secondary N) is 2. The van der Waals surface area contributed by atoms with Gasteiger partial charge in [0.2, 0.25) is 0 Å². The van der Waals surface area contributed by atoms with Crippen LogP contribution in [0.4, 0.5) is 4.79 Å². The first kappa shape index (κ1) is 20.2. The molecule has 0 aliphatic heterocycles. The molecule has 1 aliphatic carbocycles. The van der Waals surface area contributed by atoms with E-state index in [9.17, 15) is 9.90 Å². The number of hydrogen-bond donors (Lipinski definition) is 3. The van der Waals surface area contributed by atoms with Gasteiger partial charge in [-0.05, 0) is 39.0 Å². The fourth-order valence-electron chi connectivity index (χ4n) is 3.51. The van der Waals surface area contributed by atoms with Gasteiger partial charge in [0.15, 0.2) is 0 Å². The summed E-state index contributed by atoms with van der Waals surface area (Å²) in [5.41, 5.74) is 0.898. The topological polar surface area (TPSA) is 74.2 Å². The van der Waals surface area contributed by atoms with Crippen molar-refractivity contribution < 1.29 is 9.90 Å². The lowest BCUT2D eigenvalue weighted by Gasteiger charge is -2.35. The Labute approximate surface area is 155 Å². The van der Waals surface area contributed by atoms with E-state index in [1.54, 1.807) is 11.3 Å². The van der Waals surface area contributed by atoms with E-state index in [0.29, 0.717) is 12.5 Å². The molecule has 0 radical (unpaired) electrons. The highest BCUT2D eigenvalue weighted by Crippen LogP contribution is 2.35. The second-order valence-corrected chi connectivity index (χ2v) is 9.16. The fourth-order valence-corrected chi connectivity index (χ4v) is 4.50. The number of hydrogen-bond acceptors (Lipinski definition) is 4. The number of aliphatic hydroxyl groups is 1. The summed E-state index contributed by atoms with van der Waals surface area (Å²) in [6, 6.07) is -0.219. The minimum atomic E-state index is -0.158. The third-order valence-corrected chi connectivity index (χ3v) is 6.42. The number of rotatable bonds is 7. The van der Waals surface area contributed by atoms with Crippen molar-refractivity contribution in [2.24, 2.45) is 11.3 Å². The normalized spacial score (nSPS) is 18.2. The van der Waals surface area contributed by atoms with Crippen molar-refractivity contribution in [3.8, 4) is 0 Å². The van der Waals surface area contributed by atoms with Crippen LogP contribution in [0, 0.1) is 25.2 Å². The zero-order valence-electron chi connectivity index (χ0n) is 16.0. The Morgan fingerprint density at radius 1 is 1.28 bits per heavy atom. The minimum Gasteiger partial charge on any atom is -0.396 e. The van der Waals surface area contributed by atoms with Crippen molar-refractivity contribution in [3.05, 3.63) is 15.6 Å². The molecule has 1 aromatic rings. The van der Waals surface area contributed by atoms with Crippen LogP contribution in [0.25, 0.3) is 0 Å². The van der Waals surface area contributed by atoms with Gasteiger partial charge in [-0.25, -0.2) is 9.78 Å². The van der Waals surface area contributed by atoms with Crippen LogP contribution < -0.4 is 10.6 Å². The van der Waals surface area contributed by atoms with Crippen LogP contribution in [-0.4, -0.2) is 29.3 Å². The molecule has 0 bridgehead atoms. The molecule has 0 spiro atoms. The summed E-state index contributed by atoms with van der Waals surface area (Å²) < 4.78 is 0. The lowest BCUT2D eigenvalue weighted by molar-refractivity contribution is 0.0833. The number of carbonyl (C=O) groups is 1. The van der Waals surface area contributed by atoms with E-state index in [1.807, 2.05) is 6.92 Å². The van der Waals surface area contributed by atoms with Gasteiger partial charge in [-0.15, -0.1) is 11.3 Å². The molecular weight excluding hydrogens is 334 g/mol. The third kappa shape index (κ3) is 5.68. The first-order valence-electron chi connectivity index (χ1n) is 9.44. The Bertz CT molecular complexity index is 546. The third-order valence-electron chi connectivity index (χ3n) is 5.23. The van der Waals surface area contributed by atoms with E-state index in [2.05, 4.69) is 36.4 Å². The molecule has 1 atom stereocenters. The number of amides is 2. The summed E-state index contributed by atoms with van der Waals surface area (Å²) in [5.74, 6) is 0.469. The van der Waals surface area contributed by atoms with Crippen molar-refractivity contribution in [1.82, 2.24) is 15.6 Å². The van der Waals surface area contributed by atoms with E-state index >= 15 is 0 Å². The summed E-state index contributed by atoms with van der Waals surface area (Å²) in [4.78, 5) is 18.3. The monoisotopic (exact) mass is 367 g/mol. The van der Waals surface area contributed by atoms with E-state index in [-0.39, 0.29) is 24.1 Å². The molecule has 1 aromatic heterocycles. The number of aryl methyl sites for hydroxylation is 2. The van der Waals surface area contributed by atoms with Crippen LogP contribution in [-0.2, 0) is 0 Å². The smallest absolute Gasteiger partial charge is 0.315 e. The maximum Gasteiger partial charge on any atom is 0.315 e. The van der Waals surface area contributed by atoms with Gasteiger partial charge in [-0.2, -0.15) is 0 Å². The zero-order valence-corrected chi connectivity index (χ0v) is 16.8. The van der Waals surface area contributed by atoms with Crippen LogP contribution in [0.3, 0.4) is 0 Å². The molecule has 6 heteroatoms. The highest BCUT2D eigenvalue weighted by molar-refractivity contribution is 7.11. The fraction of sp³-hybridized carbons (Fsp3) is 0.789. The van der Waals surface area contributed by atoms with Crippen molar-refractivity contribution in [3.63, 3.8) is 0 Å². The molecule has 1 fully saturated rings. The van der Waals surface area contributed by atoms with Gasteiger partial charge in [0.05, 0.1) is 18.3 Å². The number of thiazole rings is 1. The van der Waals surface area contributed by atoms with E-state index in [0.717, 1.165) is 42.8 Å². The molecule has 3 N–H and O–H groups in total. The minimum absolute atomic E-state index is 0.0613. The molecule has 5 nitrogen and oxygen atoms in total. The van der Waals surface area contributed by atoms with E-state index < -0.39 is 0 Å². The highest BCUT2D eigenvalue weighted by atomic mass is 32.1. The van der Waals surface area contributed by atoms with Crippen molar-refractivity contribution >= 4 is 17.4 Å². The predicted molar refractivity (Wildman–Crippen MR) is 103 cm³/mol. The van der Waals surface area contributed by atoms with Crippen molar-refractivity contribution in [2.45, 2.75) is 72.3 Å². The van der Waals surface area contributed by atoms with E-state index in [1.165, 1.54) is 11.3 Å². The van der Waals surface area contributed by atoms with Gasteiger partial charge in [-0.1, -0.05) is 33.1 Å². The summed E-state index contributed by atoms with van der Waals surface area (Å²) >= 11 is 1.66. The molecule has 0 aromatic carbocycles. The SMILES string of the molecule is Cc1nc(C(CC(C)C)NC(=O)NCC2(CO)CCCCC2)sc1C. The Hall–Kier alpha value is -1.14. The summed E-state index contributed by atoms with van der Waals surface area (Å²) in [6.45, 7) is 9.08. The maximum absolute atomic E-state index is 12.5. The summed E-state index contributed by atoms with van der Waals surface area (Å²) in [5, 5.41) is 16.9. The van der Waals surface area contributed by atoms with Gasteiger partial charge in [0.25, 0.3) is 0 Å². The zero-order chi connectivity index (χ0) is 18.4. The molecule has 1 unspecified atom stereocenters. The van der Waals surface area contributed by atoms with Gasteiger partial charge in [0.1, 0.15) is 5.01 Å². The molecule has 25 heavy (non-hydrogen) atoms. The van der Waals surface area contributed by atoms with Crippen molar-refractivity contribution in [2.75, 3.05) is 13.2 Å². The second-order valence-electron chi connectivity index (χ2n) is 7.92. The van der Waals surface area contributed by atoms with Gasteiger partial charge in [0, 0.05) is 16.8 Å². The average molecular weight is 368 g/mol. The molecule has 2 rings (SSSR count). The molecule has 2 amide bonds. The lowest BCUT2D eigenvalue weighted by atomic mass is 9.74. The van der Waals surface area contributed by atoms with Crippen LogP contribution in [0.5, 0.6) is 0 Å².